The van der Waals surface area contributed by atoms with Crippen molar-refractivity contribution in [3.63, 3.8) is 0 Å². The van der Waals surface area contributed by atoms with E-state index in [9.17, 15) is 8.78 Å². The number of nitrogens with one attached hydrogen (secondary N) is 2. The van der Waals surface area contributed by atoms with Crippen molar-refractivity contribution in [3.05, 3.63) is 93.4 Å². The van der Waals surface area contributed by atoms with Crippen LogP contribution in [0.1, 0.15) is 21.8 Å². The predicted octanol–water partition coefficient (Wildman–Crippen LogP) is 5.07. The number of hydrogen-bond acceptors (Lipinski definition) is 5. The lowest BCUT2D eigenvalue weighted by Gasteiger charge is -2.07. The van der Waals surface area contributed by atoms with Crippen LogP contribution >= 0.6 is 11.3 Å². The van der Waals surface area contributed by atoms with Crippen molar-refractivity contribution in [2.24, 2.45) is 0 Å². The molecule has 4 aromatic rings. The Balaban J connectivity index is 1.60. The zero-order valence-corrected chi connectivity index (χ0v) is 16.5. The van der Waals surface area contributed by atoms with Gasteiger partial charge in [0.05, 0.1) is 11.3 Å². The summed E-state index contributed by atoms with van der Waals surface area (Å²) >= 11 is 1.60. The van der Waals surface area contributed by atoms with Crippen LogP contribution in [0.4, 0.5) is 14.5 Å². The van der Waals surface area contributed by atoms with Crippen LogP contribution in [-0.4, -0.2) is 20.9 Å². The summed E-state index contributed by atoms with van der Waals surface area (Å²) in [6.07, 6.45) is 3.77. The Morgan fingerprint density at radius 2 is 1.97 bits per heavy atom. The number of hydrogen-bond donors (Lipinski definition) is 3. The van der Waals surface area contributed by atoms with E-state index in [2.05, 4.69) is 15.2 Å². The van der Waals surface area contributed by atoms with Crippen LogP contribution < -0.4 is 5.73 Å². The van der Waals surface area contributed by atoms with Gasteiger partial charge >= 0.3 is 0 Å². The van der Waals surface area contributed by atoms with Gasteiger partial charge in [0, 0.05) is 22.5 Å². The van der Waals surface area contributed by atoms with Crippen molar-refractivity contribution in [2.75, 3.05) is 5.73 Å². The number of aromatic amines is 1. The van der Waals surface area contributed by atoms with Crippen molar-refractivity contribution in [3.8, 4) is 11.4 Å². The molecule has 150 valence electrons. The third-order valence-corrected chi connectivity index (χ3v) is 5.31. The van der Waals surface area contributed by atoms with Gasteiger partial charge in [-0.05, 0) is 47.4 Å². The lowest BCUT2D eigenvalue weighted by molar-refractivity contribution is 0.627. The minimum Gasteiger partial charge on any atom is -0.398 e. The molecule has 5 nitrogen and oxygen atoms in total. The molecule has 0 amide bonds. The van der Waals surface area contributed by atoms with Crippen LogP contribution in [0, 0.1) is 17.0 Å². The topological polar surface area (TPSA) is 91.4 Å². The van der Waals surface area contributed by atoms with E-state index < -0.39 is 5.82 Å². The molecular formula is C22H17F2N5S. The number of nitrogen functional groups attached to an aromatic ring is 1. The summed E-state index contributed by atoms with van der Waals surface area (Å²) in [6.45, 7) is 0. The van der Waals surface area contributed by atoms with Crippen LogP contribution in [0.3, 0.4) is 0 Å². The fourth-order valence-corrected chi connectivity index (χ4v) is 3.62. The molecule has 0 spiro atoms. The van der Waals surface area contributed by atoms with E-state index in [1.165, 1.54) is 30.3 Å². The molecule has 0 bridgehead atoms. The predicted molar refractivity (Wildman–Crippen MR) is 116 cm³/mol. The first-order chi connectivity index (χ1) is 14.5. The zero-order valence-electron chi connectivity index (χ0n) is 15.7. The molecular weight excluding hydrogens is 404 g/mol. The van der Waals surface area contributed by atoms with E-state index in [1.54, 1.807) is 29.5 Å². The van der Waals surface area contributed by atoms with Crippen molar-refractivity contribution >= 4 is 28.8 Å². The summed E-state index contributed by atoms with van der Waals surface area (Å²) in [5.74, 6) is -0.0695. The summed E-state index contributed by atoms with van der Waals surface area (Å²) in [6, 6.07) is 12.5. The first kappa shape index (κ1) is 19.7. The Morgan fingerprint density at radius 1 is 1.17 bits per heavy atom. The number of nitrogens with zero attached hydrogens (tertiary/aromatic N) is 2. The lowest BCUT2D eigenvalue weighted by Crippen LogP contribution is -2.03. The van der Waals surface area contributed by atoms with E-state index in [4.69, 9.17) is 11.1 Å². The number of allylic oxidation sites excluding steroid dienone is 1. The average molecular weight is 421 g/mol. The second-order valence-electron chi connectivity index (χ2n) is 6.58. The minimum atomic E-state index is -0.562. The van der Waals surface area contributed by atoms with Gasteiger partial charge in [-0.25, -0.2) is 13.8 Å². The number of aromatic nitrogens is 3. The molecule has 0 atom stereocenters. The Bertz CT molecular complexity index is 1210. The highest BCUT2D eigenvalue weighted by Gasteiger charge is 2.16. The van der Waals surface area contributed by atoms with E-state index in [-0.39, 0.29) is 28.6 Å². The molecule has 0 aliphatic heterocycles. The Kier molecular flexibility index (Phi) is 5.49. The Morgan fingerprint density at radius 3 is 2.70 bits per heavy atom. The second-order valence-corrected chi connectivity index (χ2v) is 7.61. The summed E-state index contributed by atoms with van der Waals surface area (Å²) in [5.41, 5.74) is 7.42. The summed E-state index contributed by atoms with van der Waals surface area (Å²) in [5, 5.41) is 17.2. The van der Waals surface area contributed by atoms with Crippen molar-refractivity contribution in [1.29, 1.82) is 5.41 Å². The SMILES string of the molecule is N=C(/C=C/c1ccc(F)cc1)c1cc(-c2n[nH]c(Cc3cccs3)n2)c(F)cc1N. The summed E-state index contributed by atoms with van der Waals surface area (Å²) in [7, 11) is 0. The van der Waals surface area contributed by atoms with Crippen LogP contribution in [-0.2, 0) is 6.42 Å². The zero-order chi connectivity index (χ0) is 21.1. The van der Waals surface area contributed by atoms with Gasteiger partial charge in [0.15, 0.2) is 5.82 Å². The van der Waals surface area contributed by atoms with E-state index in [0.717, 1.165) is 10.4 Å². The third-order valence-electron chi connectivity index (χ3n) is 4.44. The molecule has 2 aromatic heterocycles. The van der Waals surface area contributed by atoms with Gasteiger partial charge in [-0.3, -0.25) is 5.10 Å². The number of nitrogens with two attached hydrogens (primary N) is 1. The van der Waals surface area contributed by atoms with Crippen molar-refractivity contribution in [2.45, 2.75) is 6.42 Å². The van der Waals surface area contributed by atoms with Gasteiger partial charge in [0.1, 0.15) is 17.5 Å². The third kappa shape index (κ3) is 4.33. The smallest absolute Gasteiger partial charge is 0.184 e. The number of H-pyrrole nitrogens is 1. The fourth-order valence-electron chi connectivity index (χ4n) is 2.91. The second kappa shape index (κ2) is 8.38. The van der Waals surface area contributed by atoms with Gasteiger partial charge in [-0.1, -0.05) is 24.3 Å². The molecule has 4 rings (SSSR count). The van der Waals surface area contributed by atoms with Gasteiger partial charge in [0.2, 0.25) is 0 Å². The molecule has 0 fully saturated rings. The standard InChI is InChI=1S/C22H17F2N5S/c23-14-6-3-13(4-7-14)5-8-19(25)17-11-16(18(24)12-20(17)26)22-27-21(28-29-22)10-15-2-1-9-30-15/h1-9,11-12,25H,10,26H2,(H,27,28,29)/b8-5+,25-19?. The number of anilines is 1. The molecule has 0 radical (unpaired) electrons. The quantitative estimate of drug-likeness (QED) is 0.300. The maximum atomic E-state index is 14.6. The van der Waals surface area contributed by atoms with Crippen LogP contribution in [0.25, 0.3) is 17.5 Å². The van der Waals surface area contributed by atoms with Gasteiger partial charge in [0.25, 0.3) is 0 Å². The molecule has 0 saturated carbocycles. The minimum absolute atomic E-state index is 0.0902. The monoisotopic (exact) mass is 421 g/mol. The molecule has 4 N–H and O–H groups in total. The molecule has 8 heteroatoms. The van der Waals surface area contributed by atoms with Crippen LogP contribution in [0.2, 0.25) is 0 Å². The van der Waals surface area contributed by atoms with Gasteiger partial charge in [-0.2, -0.15) is 5.10 Å². The Labute approximate surface area is 175 Å². The maximum absolute atomic E-state index is 14.6. The molecule has 2 heterocycles. The fraction of sp³-hybridized carbons (Fsp3) is 0.0455. The van der Waals surface area contributed by atoms with E-state index in [0.29, 0.717) is 17.8 Å². The first-order valence-electron chi connectivity index (χ1n) is 9.05. The van der Waals surface area contributed by atoms with Crippen molar-refractivity contribution in [1.82, 2.24) is 15.2 Å². The van der Waals surface area contributed by atoms with E-state index >= 15 is 0 Å². The molecule has 0 unspecified atom stereocenters. The van der Waals surface area contributed by atoms with E-state index in [1.807, 2.05) is 17.5 Å². The highest BCUT2D eigenvalue weighted by atomic mass is 32.1. The molecule has 0 saturated heterocycles. The maximum Gasteiger partial charge on any atom is 0.184 e. The first-order valence-corrected chi connectivity index (χ1v) is 9.93. The number of benzene rings is 2. The lowest BCUT2D eigenvalue weighted by atomic mass is 10.0. The van der Waals surface area contributed by atoms with Crippen molar-refractivity contribution < 1.29 is 8.78 Å². The number of halogens is 2. The molecule has 30 heavy (non-hydrogen) atoms. The summed E-state index contributed by atoms with van der Waals surface area (Å²) in [4.78, 5) is 5.50. The summed E-state index contributed by atoms with van der Waals surface area (Å²) < 4.78 is 27.6. The number of thiophene rings is 1. The number of rotatable bonds is 6. The molecule has 0 aliphatic carbocycles. The highest BCUT2D eigenvalue weighted by Crippen LogP contribution is 2.26. The Hall–Kier alpha value is -3.65. The highest BCUT2D eigenvalue weighted by molar-refractivity contribution is 7.09. The largest absolute Gasteiger partial charge is 0.398 e. The normalized spacial score (nSPS) is 11.3. The molecule has 2 aromatic carbocycles. The van der Waals surface area contributed by atoms with Gasteiger partial charge < -0.3 is 11.1 Å². The average Bonchev–Trinajstić information content (AvgIpc) is 3.40. The molecule has 0 aliphatic rings. The van der Waals surface area contributed by atoms with Crippen LogP contribution in [0.5, 0.6) is 0 Å². The van der Waals surface area contributed by atoms with Crippen LogP contribution in [0.15, 0.2) is 60.0 Å². The van der Waals surface area contributed by atoms with Gasteiger partial charge in [-0.15, -0.1) is 11.3 Å².